The van der Waals surface area contributed by atoms with E-state index < -0.39 is 0 Å². The summed E-state index contributed by atoms with van der Waals surface area (Å²) >= 11 is 0. The first-order valence-electron chi connectivity index (χ1n) is 8.61. The van der Waals surface area contributed by atoms with Crippen LogP contribution in [0.5, 0.6) is 5.75 Å². The van der Waals surface area contributed by atoms with Gasteiger partial charge in [0.25, 0.3) is 0 Å². The van der Waals surface area contributed by atoms with Crippen LogP contribution in [-0.2, 0) is 0 Å². The van der Waals surface area contributed by atoms with Crippen LogP contribution in [0.15, 0.2) is 78.9 Å². The second-order valence-corrected chi connectivity index (χ2v) is 6.16. The molecule has 1 heterocycles. The molecule has 0 fully saturated rings. The molecule has 134 valence electrons. The lowest BCUT2D eigenvalue weighted by molar-refractivity contribution is 0.262. The molecule has 1 aromatic heterocycles. The third kappa shape index (κ3) is 3.77. The number of hydrogen-bond donors (Lipinski definition) is 3. The van der Waals surface area contributed by atoms with E-state index in [0.29, 0.717) is 17.1 Å². The zero-order valence-electron chi connectivity index (χ0n) is 14.8. The van der Waals surface area contributed by atoms with Crippen molar-refractivity contribution in [3.8, 4) is 17.0 Å². The van der Waals surface area contributed by atoms with Crippen molar-refractivity contribution in [3.63, 3.8) is 0 Å². The number of aromatic nitrogens is 1. The SMILES string of the molecule is COc1cccc(NC(=O)Nc2cccc(-c3cc4ccccc4[nH]3)c2)c1. The van der Waals surface area contributed by atoms with Gasteiger partial charge in [0.1, 0.15) is 5.75 Å². The number of nitrogens with one attached hydrogen (secondary N) is 3. The standard InChI is InChI=1S/C22H19N3O2/c1-27-19-10-5-9-18(14-19)24-22(26)23-17-8-4-7-15(12-17)21-13-16-6-2-3-11-20(16)25-21/h2-14,25H,1H3,(H2,23,24,26). The number of carbonyl (C=O) groups is 1. The maximum atomic E-state index is 12.3. The molecule has 0 aliphatic heterocycles. The molecule has 5 heteroatoms. The lowest BCUT2D eigenvalue weighted by Gasteiger charge is -2.09. The fourth-order valence-electron chi connectivity index (χ4n) is 2.99. The van der Waals surface area contributed by atoms with Crippen LogP contribution in [0.4, 0.5) is 16.2 Å². The van der Waals surface area contributed by atoms with Crippen molar-refractivity contribution in [3.05, 3.63) is 78.9 Å². The minimum absolute atomic E-state index is 0.308. The molecule has 5 nitrogen and oxygen atoms in total. The van der Waals surface area contributed by atoms with E-state index in [2.05, 4.69) is 27.8 Å². The van der Waals surface area contributed by atoms with E-state index in [1.165, 1.54) is 0 Å². The van der Waals surface area contributed by atoms with Gasteiger partial charge >= 0.3 is 6.03 Å². The Kier molecular flexibility index (Phi) is 4.49. The number of carbonyl (C=O) groups excluding carboxylic acids is 1. The van der Waals surface area contributed by atoms with Crippen LogP contribution in [0.1, 0.15) is 0 Å². The molecule has 27 heavy (non-hydrogen) atoms. The van der Waals surface area contributed by atoms with E-state index >= 15 is 0 Å². The van der Waals surface area contributed by atoms with E-state index in [-0.39, 0.29) is 6.03 Å². The van der Waals surface area contributed by atoms with E-state index in [4.69, 9.17) is 4.74 Å². The Morgan fingerprint density at radius 3 is 2.37 bits per heavy atom. The molecule has 0 bridgehead atoms. The predicted molar refractivity (Wildman–Crippen MR) is 109 cm³/mol. The van der Waals surface area contributed by atoms with Crippen molar-refractivity contribution < 1.29 is 9.53 Å². The number of para-hydroxylation sites is 1. The minimum Gasteiger partial charge on any atom is -0.497 e. The predicted octanol–water partition coefficient (Wildman–Crippen LogP) is 5.49. The molecule has 4 rings (SSSR count). The average Bonchev–Trinajstić information content (AvgIpc) is 3.12. The third-order valence-electron chi connectivity index (χ3n) is 4.29. The molecule has 0 spiro atoms. The quantitative estimate of drug-likeness (QED) is 0.452. The molecule has 3 aromatic carbocycles. The molecule has 0 atom stereocenters. The minimum atomic E-state index is -0.308. The summed E-state index contributed by atoms with van der Waals surface area (Å²) in [5.41, 5.74) is 4.48. The molecular formula is C22H19N3O2. The van der Waals surface area contributed by atoms with Crippen molar-refractivity contribution in [2.24, 2.45) is 0 Å². The fraction of sp³-hybridized carbons (Fsp3) is 0.0455. The molecular weight excluding hydrogens is 338 g/mol. The van der Waals surface area contributed by atoms with Gasteiger partial charge < -0.3 is 20.4 Å². The van der Waals surface area contributed by atoms with Gasteiger partial charge in [-0.2, -0.15) is 0 Å². The van der Waals surface area contributed by atoms with E-state index in [0.717, 1.165) is 22.2 Å². The number of urea groups is 1. The summed E-state index contributed by atoms with van der Waals surface area (Å²) in [5.74, 6) is 0.689. The number of H-pyrrole nitrogens is 1. The Hall–Kier alpha value is -3.73. The highest BCUT2D eigenvalue weighted by molar-refractivity contribution is 6.00. The highest BCUT2D eigenvalue weighted by atomic mass is 16.5. The molecule has 0 radical (unpaired) electrons. The number of anilines is 2. The Morgan fingerprint density at radius 1 is 0.852 bits per heavy atom. The van der Waals surface area contributed by atoms with Gasteiger partial charge in [0.05, 0.1) is 7.11 Å². The van der Waals surface area contributed by atoms with Crippen molar-refractivity contribution >= 4 is 28.3 Å². The average molecular weight is 357 g/mol. The summed E-state index contributed by atoms with van der Waals surface area (Å²) in [6.45, 7) is 0. The van der Waals surface area contributed by atoms with Crippen LogP contribution in [0, 0.1) is 0 Å². The van der Waals surface area contributed by atoms with Gasteiger partial charge in [0.15, 0.2) is 0 Å². The summed E-state index contributed by atoms with van der Waals surface area (Å²) in [6, 6.07) is 24.9. The molecule has 0 aliphatic carbocycles. The van der Waals surface area contributed by atoms with Crippen molar-refractivity contribution in [1.29, 1.82) is 0 Å². The second-order valence-electron chi connectivity index (χ2n) is 6.16. The van der Waals surface area contributed by atoms with Crippen LogP contribution < -0.4 is 15.4 Å². The van der Waals surface area contributed by atoms with Gasteiger partial charge in [-0.1, -0.05) is 36.4 Å². The first kappa shape index (κ1) is 16.7. The topological polar surface area (TPSA) is 66.2 Å². The van der Waals surface area contributed by atoms with Gasteiger partial charge in [-0.05, 0) is 36.4 Å². The van der Waals surface area contributed by atoms with Crippen molar-refractivity contribution in [1.82, 2.24) is 4.98 Å². The maximum Gasteiger partial charge on any atom is 0.323 e. The Bertz CT molecular complexity index is 1070. The van der Waals surface area contributed by atoms with Gasteiger partial charge in [-0.15, -0.1) is 0 Å². The summed E-state index contributed by atoms with van der Waals surface area (Å²) in [4.78, 5) is 15.7. The van der Waals surface area contributed by atoms with Crippen molar-refractivity contribution in [2.75, 3.05) is 17.7 Å². The Balaban J connectivity index is 1.51. The third-order valence-corrected chi connectivity index (χ3v) is 4.29. The molecule has 4 aromatic rings. The number of fused-ring (bicyclic) bond motifs is 1. The highest BCUT2D eigenvalue weighted by Crippen LogP contribution is 2.26. The van der Waals surface area contributed by atoms with E-state index in [1.807, 2.05) is 60.7 Å². The number of methoxy groups -OCH3 is 1. The number of benzene rings is 3. The first-order valence-corrected chi connectivity index (χ1v) is 8.61. The number of amides is 2. The summed E-state index contributed by atoms with van der Waals surface area (Å²) in [6.07, 6.45) is 0. The molecule has 0 aliphatic rings. The van der Waals surface area contributed by atoms with Crippen molar-refractivity contribution in [2.45, 2.75) is 0 Å². The van der Waals surface area contributed by atoms with Crippen LogP contribution >= 0.6 is 0 Å². The van der Waals surface area contributed by atoms with Gasteiger partial charge in [-0.25, -0.2) is 4.79 Å². The van der Waals surface area contributed by atoms with Gasteiger partial charge in [0.2, 0.25) is 0 Å². The Labute approximate surface area is 157 Å². The molecule has 3 N–H and O–H groups in total. The van der Waals surface area contributed by atoms with Gasteiger partial charge in [0, 0.05) is 39.6 Å². The van der Waals surface area contributed by atoms with E-state index in [9.17, 15) is 4.79 Å². The molecule has 0 unspecified atom stereocenters. The normalized spacial score (nSPS) is 10.6. The second kappa shape index (κ2) is 7.25. The summed E-state index contributed by atoms with van der Waals surface area (Å²) in [7, 11) is 1.59. The lowest BCUT2D eigenvalue weighted by Crippen LogP contribution is -2.19. The monoisotopic (exact) mass is 357 g/mol. The zero-order valence-corrected chi connectivity index (χ0v) is 14.8. The smallest absolute Gasteiger partial charge is 0.323 e. The van der Waals surface area contributed by atoms with Crippen LogP contribution in [0.25, 0.3) is 22.2 Å². The first-order chi connectivity index (χ1) is 13.2. The number of hydrogen-bond acceptors (Lipinski definition) is 2. The number of ether oxygens (including phenoxy) is 1. The highest BCUT2D eigenvalue weighted by Gasteiger charge is 2.07. The summed E-state index contributed by atoms with van der Waals surface area (Å²) in [5, 5.41) is 6.83. The number of rotatable bonds is 4. The molecule has 0 saturated heterocycles. The van der Waals surface area contributed by atoms with E-state index in [1.54, 1.807) is 13.2 Å². The van der Waals surface area contributed by atoms with Crippen LogP contribution in [-0.4, -0.2) is 18.1 Å². The summed E-state index contributed by atoms with van der Waals surface area (Å²) < 4.78 is 5.17. The maximum absolute atomic E-state index is 12.3. The van der Waals surface area contributed by atoms with Crippen LogP contribution in [0.3, 0.4) is 0 Å². The van der Waals surface area contributed by atoms with Gasteiger partial charge in [-0.3, -0.25) is 0 Å². The number of aromatic amines is 1. The molecule has 2 amide bonds. The Morgan fingerprint density at radius 2 is 1.59 bits per heavy atom. The fourth-order valence-corrected chi connectivity index (χ4v) is 2.99. The van der Waals surface area contributed by atoms with Crippen LogP contribution in [0.2, 0.25) is 0 Å². The molecule has 0 saturated carbocycles. The lowest BCUT2D eigenvalue weighted by atomic mass is 10.1. The largest absolute Gasteiger partial charge is 0.497 e. The zero-order chi connectivity index (χ0) is 18.6.